The number of morpholine rings is 1. The molecule has 2 unspecified atom stereocenters. The maximum Gasteiger partial charge on any atom is 0.416 e. The Morgan fingerprint density at radius 2 is 2.10 bits per heavy atom. The van der Waals surface area contributed by atoms with Gasteiger partial charge in [-0.05, 0) is 12.1 Å². The number of nitrogens with zero attached hydrogens (tertiary/aromatic N) is 3. The van der Waals surface area contributed by atoms with E-state index in [0.29, 0.717) is 19.7 Å². The van der Waals surface area contributed by atoms with Crippen LogP contribution >= 0.6 is 0 Å². The van der Waals surface area contributed by atoms with E-state index in [1.807, 2.05) is 30.3 Å². The summed E-state index contributed by atoms with van der Waals surface area (Å²) in [6.45, 7) is 1.31. The molecule has 0 bridgehead atoms. The third-order valence-corrected chi connectivity index (χ3v) is 3.73. The van der Waals surface area contributed by atoms with E-state index in [2.05, 4.69) is 0 Å². The Bertz CT molecular complexity index is 501. The molecule has 7 heteroatoms. The molecule has 2 aliphatic heterocycles. The van der Waals surface area contributed by atoms with E-state index in [-0.39, 0.29) is 6.61 Å². The minimum absolute atomic E-state index is 0.0351. The first kappa shape index (κ1) is 14.2. The Labute approximate surface area is 122 Å². The fourth-order valence-electron chi connectivity index (χ4n) is 2.55. The molecular weight excluding hydrogens is 277 g/mol. The summed E-state index contributed by atoms with van der Waals surface area (Å²) in [5, 5.41) is 3.18. The molecule has 2 fully saturated rings. The van der Waals surface area contributed by atoms with Crippen LogP contribution in [0.4, 0.5) is 14.9 Å². The largest absolute Gasteiger partial charge is 0.427 e. The molecule has 2 heterocycles. The van der Waals surface area contributed by atoms with Crippen molar-refractivity contribution in [3.8, 4) is 0 Å². The number of likely N-dealkylation sites (N-methyl/N-ethyl adjacent to an activating group) is 1. The number of ether oxygens (including phenoxy) is 2. The number of hydrazine groups is 1. The standard InChI is InChI=1S/C14H18FN3O3/c1-16(18-7-8-20-10-12(18)15)13-9-17(14(19)21-13)11-5-3-2-4-6-11/h2-6,12-13H,7-10H2,1H3. The van der Waals surface area contributed by atoms with Crippen LogP contribution < -0.4 is 4.90 Å². The number of hydrogen-bond donors (Lipinski definition) is 0. The molecule has 0 aromatic heterocycles. The summed E-state index contributed by atoms with van der Waals surface area (Å²) in [7, 11) is 1.73. The van der Waals surface area contributed by atoms with Crippen LogP contribution in [0.15, 0.2) is 30.3 Å². The van der Waals surface area contributed by atoms with Gasteiger partial charge in [-0.25, -0.2) is 19.2 Å². The molecule has 1 aromatic rings. The first-order valence-corrected chi connectivity index (χ1v) is 6.91. The van der Waals surface area contributed by atoms with Gasteiger partial charge in [-0.2, -0.15) is 0 Å². The van der Waals surface area contributed by atoms with Crippen molar-refractivity contribution >= 4 is 11.8 Å². The van der Waals surface area contributed by atoms with Crippen LogP contribution in [0.5, 0.6) is 0 Å². The third kappa shape index (κ3) is 2.85. The highest BCUT2D eigenvalue weighted by Crippen LogP contribution is 2.24. The van der Waals surface area contributed by atoms with Gasteiger partial charge in [0.25, 0.3) is 0 Å². The minimum atomic E-state index is -1.21. The van der Waals surface area contributed by atoms with Gasteiger partial charge < -0.3 is 9.47 Å². The molecular formula is C14H18FN3O3. The maximum absolute atomic E-state index is 13.9. The van der Waals surface area contributed by atoms with Crippen molar-refractivity contribution in [3.05, 3.63) is 30.3 Å². The van der Waals surface area contributed by atoms with E-state index in [1.165, 1.54) is 5.01 Å². The van der Waals surface area contributed by atoms with Crippen molar-refractivity contribution in [2.75, 3.05) is 38.3 Å². The Kier molecular flexibility index (Phi) is 4.05. The summed E-state index contributed by atoms with van der Waals surface area (Å²) in [6, 6.07) is 9.29. The molecule has 2 saturated heterocycles. The molecule has 0 N–H and O–H groups in total. The second kappa shape index (κ2) is 5.97. The molecule has 2 atom stereocenters. The number of benzene rings is 1. The van der Waals surface area contributed by atoms with Crippen LogP contribution in [-0.2, 0) is 9.47 Å². The van der Waals surface area contributed by atoms with Crippen molar-refractivity contribution in [1.29, 1.82) is 0 Å². The van der Waals surface area contributed by atoms with Gasteiger partial charge in [0.2, 0.25) is 0 Å². The predicted octanol–water partition coefficient (Wildman–Crippen LogP) is 1.44. The molecule has 0 radical (unpaired) electrons. The van der Waals surface area contributed by atoms with Gasteiger partial charge in [0, 0.05) is 19.3 Å². The molecule has 0 saturated carbocycles. The number of para-hydroxylation sites is 1. The van der Waals surface area contributed by atoms with Crippen LogP contribution in [0.1, 0.15) is 0 Å². The van der Waals surface area contributed by atoms with Gasteiger partial charge >= 0.3 is 6.09 Å². The van der Waals surface area contributed by atoms with Crippen LogP contribution in [0.3, 0.4) is 0 Å². The normalized spacial score (nSPS) is 27.2. The summed E-state index contributed by atoms with van der Waals surface area (Å²) >= 11 is 0. The fraction of sp³-hybridized carbons (Fsp3) is 0.500. The lowest BCUT2D eigenvalue weighted by atomic mass is 10.3. The zero-order valence-corrected chi connectivity index (χ0v) is 11.8. The number of carbonyl (C=O) groups excluding carboxylic acids is 1. The molecule has 114 valence electrons. The second-order valence-electron chi connectivity index (χ2n) is 5.03. The molecule has 2 aliphatic rings. The number of carbonyl (C=O) groups is 1. The second-order valence-corrected chi connectivity index (χ2v) is 5.03. The van der Waals surface area contributed by atoms with Gasteiger partial charge in [-0.15, -0.1) is 0 Å². The third-order valence-electron chi connectivity index (χ3n) is 3.73. The van der Waals surface area contributed by atoms with E-state index in [1.54, 1.807) is 17.0 Å². The molecule has 21 heavy (non-hydrogen) atoms. The summed E-state index contributed by atoms with van der Waals surface area (Å²) < 4.78 is 24.3. The molecule has 1 amide bonds. The average Bonchev–Trinajstić information content (AvgIpc) is 2.90. The van der Waals surface area contributed by atoms with E-state index >= 15 is 0 Å². The lowest BCUT2D eigenvalue weighted by Gasteiger charge is -2.38. The number of anilines is 1. The van der Waals surface area contributed by atoms with Gasteiger partial charge in [-0.3, -0.25) is 4.90 Å². The van der Waals surface area contributed by atoms with Crippen molar-refractivity contribution in [2.45, 2.75) is 12.5 Å². The highest BCUT2D eigenvalue weighted by Gasteiger charge is 2.39. The zero-order chi connectivity index (χ0) is 14.8. The number of cyclic esters (lactones) is 1. The monoisotopic (exact) mass is 295 g/mol. The number of rotatable bonds is 3. The van der Waals surface area contributed by atoms with E-state index in [9.17, 15) is 9.18 Å². The van der Waals surface area contributed by atoms with Crippen molar-refractivity contribution in [3.63, 3.8) is 0 Å². The summed E-state index contributed by atoms with van der Waals surface area (Å²) in [5.41, 5.74) is 0.775. The molecule has 3 rings (SSSR count). The fourth-order valence-corrected chi connectivity index (χ4v) is 2.55. The first-order chi connectivity index (χ1) is 10.2. The summed E-state index contributed by atoms with van der Waals surface area (Å²) in [5.74, 6) is 0. The number of alkyl halides is 1. The first-order valence-electron chi connectivity index (χ1n) is 6.91. The van der Waals surface area contributed by atoms with E-state index in [0.717, 1.165) is 5.69 Å². The quantitative estimate of drug-likeness (QED) is 0.790. The van der Waals surface area contributed by atoms with Crippen molar-refractivity contribution < 1.29 is 18.7 Å². The summed E-state index contributed by atoms with van der Waals surface area (Å²) in [6.07, 6.45) is -2.14. The lowest BCUT2D eigenvalue weighted by Crippen LogP contribution is -2.55. The summed E-state index contributed by atoms with van der Waals surface area (Å²) in [4.78, 5) is 13.5. The van der Waals surface area contributed by atoms with Gasteiger partial charge in [0.15, 0.2) is 12.5 Å². The zero-order valence-electron chi connectivity index (χ0n) is 11.8. The lowest BCUT2D eigenvalue weighted by molar-refractivity contribution is -0.200. The van der Waals surface area contributed by atoms with Crippen molar-refractivity contribution in [1.82, 2.24) is 10.0 Å². The average molecular weight is 295 g/mol. The maximum atomic E-state index is 13.9. The molecule has 1 aromatic carbocycles. The molecule has 0 spiro atoms. The Hall–Kier alpha value is -1.70. The van der Waals surface area contributed by atoms with E-state index < -0.39 is 18.6 Å². The predicted molar refractivity (Wildman–Crippen MR) is 74.2 cm³/mol. The Morgan fingerprint density at radius 1 is 1.33 bits per heavy atom. The van der Waals surface area contributed by atoms with Gasteiger partial charge in [-0.1, -0.05) is 18.2 Å². The Balaban J connectivity index is 1.69. The number of hydrogen-bond acceptors (Lipinski definition) is 5. The number of amides is 1. The topological polar surface area (TPSA) is 45.2 Å². The van der Waals surface area contributed by atoms with Crippen molar-refractivity contribution in [2.24, 2.45) is 0 Å². The minimum Gasteiger partial charge on any atom is -0.427 e. The SMILES string of the molecule is CN(C1CN(c2ccccc2)C(=O)O1)N1CCOCC1F. The van der Waals surface area contributed by atoms with Crippen LogP contribution in [0.2, 0.25) is 0 Å². The molecule has 0 aliphatic carbocycles. The highest BCUT2D eigenvalue weighted by atomic mass is 19.1. The smallest absolute Gasteiger partial charge is 0.416 e. The van der Waals surface area contributed by atoms with Crippen LogP contribution in [0.25, 0.3) is 0 Å². The van der Waals surface area contributed by atoms with Gasteiger partial charge in [0.1, 0.15) is 0 Å². The van der Waals surface area contributed by atoms with Crippen LogP contribution in [-0.4, -0.2) is 62.0 Å². The van der Waals surface area contributed by atoms with E-state index in [4.69, 9.17) is 9.47 Å². The Morgan fingerprint density at radius 3 is 2.81 bits per heavy atom. The van der Waals surface area contributed by atoms with Gasteiger partial charge in [0.05, 0.1) is 19.8 Å². The van der Waals surface area contributed by atoms with Crippen LogP contribution in [0, 0.1) is 0 Å². The molecule has 6 nitrogen and oxygen atoms in total. The highest BCUT2D eigenvalue weighted by molar-refractivity contribution is 5.89. The number of halogens is 1.